The highest BCUT2D eigenvalue weighted by molar-refractivity contribution is 5.55. The monoisotopic (exact) mass is 257 g/mol. The fourth-order valence-corrected chi connectivity index (χ4v) is 1.99. The highest BCUT2D eigenvalue weighted by Crippen LogP contribution is 2.23. The Morgan fingerprint density at radius 3 is 2.53 bits per heavy atom. The molecular weight excluding hydrogens is 238 g/mol. The van der Waals surface area contributed by atoms with Crippen LogP contribution < -0.4 is 5.73 Å². The SMILES string of the molecule is COC1C=C(C=Cc2ccccc2)C=CC1(N)OC. The zero-order valence-electron chi connectivity index (χ0n) is 11.2. The third-order valence-corrected chi connectivity index (χ3v) is 3.20. The van der Waals surface area contributed by atoms with Gasteiger partial charge in [-0.15, -0.1) is 0 Å². The van der Waals surface area contributed by atoms with E-state index in [9.17, 15) is 0 Å². The van der Waals surface area contributed by atoms with Gasteiger partial charge in [0.25, 0.3) is 0 Å². The van der Waals surface area contributed by atoms with Gasteiger partial charge in [-0.25, -0.2) is 0 Å². The van der Waals surface area contributed by atoms with E-state index in [0.717, 1.165) is 11.1 Å². The fraction of sp³-hybridized carbons (Fsp3) is 0.250. The maximum atomic E-state index is 6.08. The quantitative estimate of drug-likeness (QED) is 0.843. The van der Waals surface area contributed by atoms with Crippen LogP contribution in [0.15, 0.2) is 60.2 Å². The second-order valence-corrected chi connectivity index (χ2v) is 4.46. The number of nitrogens with two attached hydrogens (primary N) is 1. The van der Waals surface area contributed by atoms with Crippen LogP contribution in [-0.2, 0) is 9.47 Å². The molecule has 0 saturated carbocycles. The highest BCUT2D eigenvalue weighted by Gasteiger charge is 2.33. The van der Waals surface area contributed by atoms with Crippen LogP contribution in [0.3, 0.4) is 0 Å². The molecule has 2 rings (SSSR count). The molecule has 0 fully saturated rings. The molecule has 0 bridgehead atoms. The summed E-state index contributed by atoms with van der Waals surface area (Å²) in [5.41, 5.74) is 7.39. The molecule has 0 amide bonds. The van der Waals surface area contributed by atoms with Gasteiger partial charge in [-0.3, -0.25) is 5.73 Å². The third-order valence-electron chi connectivity index (χ3n) is 3.20. The summed E-state index contributed by atoms with van der Waals surface area (Å²) in [5, 5.41) is 0. The predicted octanol–water partition coefficient (Wildman–Crippen LogP) is 2.51. The van der Waals surface area contributed by atoms with E-state index in [-0.39, 0.29) is 6.10 Å². The average Bonchev–Trinajstić information content (AvgIpc) is 2.47. The largest absolute Gasteiger partial charge is 0.373 e. The van der Waals surface area contributed by atoms with Gasteiger partial charge in [-0.2, -0.15) is 0 Å². The number of hydrogen-bond acceptors (Lipinski definition) is 3. The Balaban J connectivity index is 2.15. The summed E-state index contributed by atoms with van der Waals surface area (Å²) >= 11 is 0. The topological polar surface area (TPSA) is 44.5 Å². The van der Waals surface area contributed by atoms with Crippen LogP contribution in [-0.4, -0.2) is 26.0 Å². The van der Waals surface area contributed by atoms with Crippen molar-refractivity contribution in [3.8, 4) is 0 Å². The normalized spacial score (nSPS) is 26.7. The molecule has 1 aromatic carbocycles. The molecule has 1 aliphatic rings. The molecule has 2 atom stereocenters. The van der Waals surface area contributed by atoms with Gasteiger partial charge in [-0.1, -0.05) is 48.6 Å². The van der Waals surface area contributed by atoms with Crippen LogP contribution >= 0.6 is 0 Å². The first-order chi connectivity index (χ1) is 9.18. The lowest BCUT2D eigenvalue weighted by molar-refractivity contribution is -0.0626. The lowest BCUT2D eigenvalue weighted by Gasteiger charge is -2.33. The Morgan fingerprint density at radius 1 is 1.16 bits per heavy atom. The van der Waals surface area contributed by atoms with Gasteiger partial charge in [0, 0.05) is 14.2 Å². The van der Waals surface area contributed by atoms with Gasteiger partial charge < -0.3 is 9.47 Å². The van der Waals surface area contributed by atoms with Crippen LogP contribution in [0.4, 0.5) is 0 Å². The number of allylic oxidation sites excluding steroid dienone is 3. The van der Waals surface area contributed by atoms with E-state index >= 15 is 0 Å². The molecule has 0 radical (unpaired) electrons. The fourth-order valence-electron chi connectivity index (χ4n) is 1.99. The minimum absolute atomic E-state index is 0.294. The van der Waals surface area contributed by atoms with Crippen LogP contribution in [0.25, 0.3) is 6.08 Å². The molecule has 0 spiro atoms. The molecule has 0 saturated heterocycles. The Kier molecular flexibility index (Phi) is 4.32. The molecule has 1 aliphatic carbocycles. The second-order valence-electron chi connectivity index (χ2n) is 4.46. The Labute approximate surface area is 114 Å². The predicted molar refractivity (Wildman–Crippen MR) is 77.4 cm³/mol. The molecule has 3 nitrogen and oxygen atoms in total. The van der Waals surface area contributed by atoms with Crippen molar-refractivity contribution >= 4 is 6.08 Å². The van der Waals surface area contributed by atoms with E-state index in [2.05, 4.69) is 18.2 Å². The van der Waals surface area contributed by atoms with Crippen molar-refractivity contribution in [2.24, 2.45) is 5.73 Å². The minimum Gasteiger partial charge on any atom is -0.373 e. The summed E-state index contributed by atoms with van der Waals surface area (Å²) < 4.78 is 10.7. The Bertz CT molecular complexity index is 505. The number of methoxy groups -OCH3 is 2. The van der Waals surface area contributed by atoms with E-state index in [1.807, 2.05) is 42.5 Å². The molecular formula is C16H19NO2. The highest BCUT2D eigenvalue weighted by atomic mass is 16.5. The van der Waals surface area contributed by atoms with Crippen molar-refractivity contribution < 1.29 is 9.47 Å². The van der Waals surface area contributed by atoms with Gasteiger partial charge in [0.1, 0.15) is 6.10 Å². The lowest BCUT2D eigenvalue weighted by atomic mass is 9.96. The summed E-state index contributed by atoms with van der Waals surface area (Å²) in [6.45, 7) is 0. The Morgan fingerprint density at radius 2 is 1.89 bits per heavy atom. The standard InChI is InChI=1S/C16H19NO2/c1-18-15-12-14(10-11-16(15,17)19-2)9-8-13-6-4-3-5-7-13/h3-12,15H,17H2,1-2H3. The van der Waals surface area contributed by atoms with Crippen molar-refractivity contribution in [1.29, 1.82) is 0 Å². The van der Waals surface area contributed by atoms with Crippen LogP contribution in [0.2, 0.25) is 0 Å². The number of rotatable bonds is 4. The van der Waals surface area contributed by atoms with Crippen LogP contribution in [0, 0.1) is 0 Å². The third kappa shape index (κ3) is 3.20. The van der Waals surface area contributed by atoms with Gasteiger partial charge in [0.15, 0.2) is 5.72 Å². The van der Waals surface area contributed by atoms with Crippen molar-refractivity contribution in [2.45, 2.75) is 11.8 Å². The van der Waals surface area contributed by atoms with E-state index < -0.39 is 5.72 Å². The van der Waals surface area contributed by atoms with Crippen LogP contribution in [0.5, 0.6) is 0 Å². The lowest BCUT2D eigenvalue weighted by Crippen LogP contribution is -2.52. The number of benzene rings is 1. The number of ether oxygens (including phenoxy) is 2. The van der Waals surface area contributed by atoms with E-state index in [1.54, 1.807) is 14.2 Å². The molecule has 0 heterocycles. The molecule has 2 N–H and O–H groups in total. The van der Waals surface area contributed by atoms with Crippen molar-refractivity contribution in [1.82, 2.24) is 0 Å². The zero-order chi connectivity index (χ0) is 13.7. The average molecular weight is 257 g/mol. The maximum Gasteiger partial charge on any atom is 0.165 e. The summed E-state index contributed by atoms with van der Waals surface area (Å²) in [6.07, 6.45) is 9.53. The molecule has 19 heavy (non-hydrogen) atoms. The second kappa shape index (κ2) is 5.97. The van der Waals surface area contributed by atoms with Crippen LogP contribution in [0.1, 0.15) is 5.56 Å². The first-order valence-electron chi connectivity index (χ1n) is 6.19. The number of hydrogen-bond donors (Lipinski definition) is 1. The van der Waals surface area contributed by atoms with Gasteiger partial charge in [-0.05, 0) is 23.3 Å². The zero-order valence-corrected chi connectivity index (χ0v) is 11.2. The van der Waals surface area contributed by atoms with Gasteiger partial charge in [0.05, 0.1) is 0 Å². The van der Waals surface area contributed by atoms with Gasteiger partial charge >= 0.3 is 0 Å². The summed E-state index contributed by atoms with van der Waals surface area (Å²) in [5.74, 6) is 0. The molecule has 1 aromatic rings. The van der Waals surface area contributed by atoms with Crippen molar-refractivity contribution in [3.05, 3.63) is 65.8 Å². The Hall–Kier alpha value is -1.68. The smallest absolute Gasteiger partial charge is 0.165 e. The summed E-state index contributed by atoms with van der Waals surface area (Å²) in [4.78, 5) is 0. The van der Waals surface area contributed by atoms with E-state index in [1.165, 1.54) is 0 Å². The molecule has 2 unspecified atom stereocenters. The van der Waals surface area contributed by atoms with Crippen molar-refractivity contribution in [3.63, 3.8) is 0 Å². The van der Waals surface area contributed by atoms with E-state index in [0.29, 0.717) is 0 Å². The molecule has 3 heteroatoms. The molecule has 0 aromatic heterocycles. The summed E-state index contributed by atoms with van der Waals surface area (Å²) in [7, 11) is 3.20. The van der Waals surface area contributed by atoms with Crippen molar-refractivity contribution in [2.75, 3.05) is 14.2 Å². The first kappa shape index (κ1) is 13.7. The van der Waals surface area contributed by atoms with E-state index in [4.69, 9.17) is 15.2 Å². The minimum atomic E-state index is -0.890. The first-order valence-corrected chi connectivity index (χ1v) is 6.19. The molecule has 0 aliphatic heterocycles. The summed E-state index contributed by atoms with van der Waals surface area (Å²) in [6, 6.07) is 10.1. The molecule has 100 valence electrons. The van der Waals surface area contributed by atoms with Gasteiger partial charge in [0.2, 0.25) is 0 Å². The maximum absolute atomic E-state index is 6.08.